The lowest BCUT2D eigenvalue weighted by molar-refractivity contribution is 0.516. The molecule has 0 aliphatic rings. The molecule has 0 radical (unpaired) electrons. The number of aromatic nitrogens is 2. The van der Waals surface area contributed by atoms with Crippen LogP contribution >= 0.6 is 11.6 Å². The Kier molecular flexibility index (Phi) is 4.00. The summed E-state index contributed by atoms with van der Waals surface area (Å²) in [6.07, 6.45) is 1.64. The zero-order chi connectivity index (χ0) is 14.0. The molecule has 19 heavy (non-hydrogen) atoms. The fourth-order valence-corrected chi connectivity index (χ4v) is 2.51. The quantitative estimate of drug-likeness (QED) is 0.936. The Morgan fingerprint density at radius 3 is 2.53 bits per heavy atom. The van der Waals surface area contributed by atoms with Gasteiger partial charge in [0.05, 0.1) is 16.4 Å². The van der Waals surface area contributed by atoms with Crippen LogP contribution in [-0.4, -0.2) is 9.36 Å². The summed E-state index contributed by atoms with van der Waals surface area (Å²) in [5, 5.41) is 0.544. The molecule has 1 heterocycles. The maximum absolute atomic E-state index is 12.4. The van der Waals surface area contributed by atoms with Gasteiger partial charge in [0.15, 0.2) is 0 Å². The second kappa shape index (κ2) is 5.53. The van der Waals surface area contributed by atoms with Gasteiger partial charge < -0.3 is 5.73 Å². The molecule has 2 rings (SSSR count). The summed E-state index contributed by atoms with van der Waals surface area (Å²) in [4.78, 5) is 12.4. The summed E-state index contributed by atoms with van der Waals surface area (Å²) in [6.45, 7) is 4.80. The summed E-state index contributed by atoms with van der Waals surface area (Å²) in [6, 6.07) is 7.30. The molecule has 0 spiro atoms. The number of hydrogen-bond donors (Lipinski definition) is 1. The highest BCUT2D eigenvalue weighted by Crippen LogP contribution is 2.21. The van der Waals surface area contributed by atoms with E-state index in [-0.39, 0.29) is 5.56 Å². The Morgan fingerprint density at radius 1 is 1.26 bits per heavy atom. The molecule has 2 aromatic rings. The predicted octanol–water partition coefficient (Wildman–Crippen LogP) is 2.85. The summed E-state index contributed by atoms with van der Waals surface area (Å²) in [5.41, 5.74) is 7.60. The van der Waals surface area contributed by atoms with E-state index in [4.69, 9.17) is 17.3 Å². The van der Waals surface area contributed by atoms with E-state index in [1.165, 1.54) is 0 Å². The number of nitrogens with two attached hydrogens (primary N) is 1. The molecule has 0 unspecified atom stereocenters. The van der Waals surface area contributed by atoms with Gasteiger partial charge in [-0.1, -0.05) is 37.6 Å². The zero-order valence-corrected chi connectivity index (χ0v) is 11.9. The van der Waals surface area contributed by atoms with E-state index in [0.29, 0.717) is 16.4 Å². The highest BCUT2D eigenvalue weighted by Gasteiger charge is 2.18. The third-order valence-electron chi connectivity index (χ3n) is 3.14. The standard InChI is InChI=1S/C14H18ClN3O/c1-3-9-17-11(4-2)13(16)14(19)18(17)12-8-6-5-7-10(12)15/h5-8H,3-4,9,16H2,1-2H3. The smallest absolute Gasteiger partial charge is 0.294 e. The van der Waals surface area contributed by atoms with E-state index in [0.717, 1.165) is 25.1 Å². The van der Waals surface area contributed by atoms with Gasteiger partial charge in [0.25, 0.3) is 5.56 Å². The number of halogens is 1. The molecular formula is C14H18ClN3O. The van der Waals surface area contributed by atoms with Crippen molar-refractivity contribution in [2.45, 2.75) is 33.2 Å². The van der Waals surface area contributed by atoms with Crippen molar-refractivity contribution in [1.82, 2.24) is 9.36 Å². The van der Waals surface area contributed by atoms with Crippen molar-refractivity contribution < 1.29 is 0 Å². The SMILES string of the molecule is CCCn1c(CC)c(N)c(=O)n1-c1ccccc1Cl. The van der Waals surface area contributed by atoms with Crippen molar-refractivity contribution in [2.75, 3.05) is 5.73 Å². The van der Waals surface area contributed by atoms with Crippen LogP contribution in [0, 0.1) is 0 Å². The molecule has 4 nitrogen and oxygen atoms in total. The number of rotatable bonds is 4. The Labute approximate surface area is 117 Å². The van der Waals surface area contributed by atoms with Crippen molar-refractivity contribution in [3.63, 3.8) is 0 Å². The molecule has 0 bridgehead atoms. The highest BCUT2D eigenvalue weighted by molar-refractivity contribution is 6.32. The molecule has 0 saturated heterocycles. The molecule has 5 heteroatoms. The first-order valence-electron chi connectivity index (χ1n) is 6.46. The topological polar surface area (TPSA) is 52.9 Å². The van der Waals surface area contributed by atoms with Gasteiger partial charge in [-0.05, 0) is 25.0 Å². The minimum atomic E-state index is -0.196. The predicted molar refractivity (Wildman–Crippen MR) is 79.1 cm³/mol. The fourth-order valence-electron chi connectivity index (χ4n) is 2.29. The molecule has 102 valence electrons. The Bertz CT molecular complexity index is 643. The van der Waals surface area contributed by atoms with Crippen molar-refractivity contribution in [2.24, 2.45) is 0 Å². The van der Waals surface area contributed by atoms with Gasteiger partial charge in [-0.2, -0.15) is 0 Å². The number of anilines is 1. The van der Waals surface area contributed by atoms with Gasteiger partial charge in [0.1, 0.15) is 5.69 Å². The Morgan fingerprint density at radius 2 is 1.95 bits per heavy atom. The van der Waals surface area contributed by atoms with E-state index in [9.17, 15) is 4.79 Å². The number of para-hydroxylation sites is 1. The van der Waals surface area contributed by atoms with Gasteiger partial charge in [-0.15, -0.1) is 0 Å². The molecule has 0 amide bonds. The number of benzene rings is 1. The molecular weight excluding hydrogens is 262 g/mol. The first kappa shape index (κ1) is 13.7. The van der Waals surface area contributed by atoms with Crippen LogP contribution in [0.3, 0.4) is 0 Å². The van der Waals surface area contributed by atoms with E-state index in [1.54, 1.807) is 10.7 Å². The van der Waals surface area contributed by atoms with Gasteiger partial charge in [-0.3, -0.25) is 9.48 Å². The minimum Gasteiger partial charge on any atom is -0.393 e. The lowest BCUT2D eigenvalue weighted by atomic mass is 10.3. The molecule has 1 aromatic carbocycles. The van der Waals surface area contributed by atoms with Crippen LogP contribution in [0.25, 0.3) is 5.69 Å². The molecule has 2 N–H and O–H groups in total. The van der Waals surface area contributed by atoms with Crippen LogP contribution < -0.4 is 11.3 Å². The molecule has 1 aromatic heterocycles. The first-order chi connectivity index (χ1) is 9.11. The van der Waals surface area contributed by atoms with E-state index < -0.39 is 0 Å². The second-order valence-corrected chi connectivity index (χ2v) is 4.81. The van der Waals surface area contributed by atoms with Gasteiger partial charge in [-0.25, -0.2) is 4.68 Å². The first-order valence-corrected chi connectivity index (χ1v) is 6.84. The summed E-state index contributed by atoms with van der Waals surface area (Å²) in [7, 11) is 0. The van der Waals surface area contributed by atoms with Crippen molar-refractivity contribution >= 4 is 17.3 Å². The average Bonchev–Trinajstić information content (AvgIpc) is 2.63. The number of hydrogen-bond acceptors (Lipinski definition) is 2. The van der Waals surface area contributed by atoms with E-state index >= 15 is 0 Å². The van der Waals surface area contributed by atoms with Gasteiger partial charge in [0.2, 0.25) is 0 Å². The van der Waals surface area contributed by atoms with Crippen LogP contribution in [-0.2, 0) is 13.0 Å². The van der Waals surface area contributed by atoms with Crippen LogP contribution in [0.1, 0.15) is 26.0 Å². The van der Waals surface area contributed by atoms with Crippen molar-refractivity contribution in [3.8, 4) is 5.69 Å². The summed E-state index contributed by atoms with van der Waals surface area (Å²) < 4.78 is 3.51. The van der Waals surface area contributed by atoms with Crippen molar-refractivity contribution in [1.29, 1.82) is 0 Å². The molecule has 0 atom stereocenters. The Balaban J connectivity index is 2.76. The van der Waals surface area contributed by atoms with Crippen molar-refractivity contribution in [3.05, 3.63) is 45.3 Å². The van der Waals surface area contributed by atoms with E-state index in [1.807, 2.05) is 29.8 Å². The molecule has 0 aliphatic heterocycles. The number of nitrogen functional groups attached to an aromatic ring is 1. The minimum absolute atomic E-state index is 0.196. The van der Waals surface area contributed by atoms with Gasteiger partial charge in [0, 0.05) is 6.54 Å². The van der Waals surface area contributed by atoms with Crippen LogP contribution in [0.15, 0.2) is 29.1 Å². The van der Waals surface area contributed by atoms with E-state index in [2.05, 4.69) is 6.92 Å². The molecule has 0 fully saturated rings. The third-order valence-corrected chi connectivity index (χ3v) is 3.46. The average molecular weight is 280 g/mol. The normalized spacial score (nSPS) is 10.9. The lowest BCUT2D eigenvalue weighted by Gasteiger charge is -2.14. The van der Waals surface area contributed by atoms with Crippen LogP contribution in [0.4, 0.5) is 5.69 Å². The largest absolute Gasteiger partial charge is 0.393 e. The monoisotopic (exact) mass is 279 g/mol. The number of nitrogens with zero attached hydrogens (tertiary/aromatic N) is 2. The second-order valence-electron chi connectivity index (χ2n) is 4.41. The highest BCUT2D eigenvalue weighted by atomic mass is 35.5. The summed E-state index contributed by atoms with van der Waals surface area (Å²) >= 11 is 6.19. The fraction of sp³-hybridized carbons (Fsp3) is 0.357. The third kappa shape index (κ3) is 2.28. The lowest BCUT2D eigenvalue weighted by Crippen LogP contribution is -2.22. The van der Waals surface area contributed by atoms with Crippen LogP contribution in [0.5, 0.6) is 0 Å². The van der Waals surface area contributed by atoms with Crippen LogP contribution in [0.2, 0.25) is 5.02 Å². The zero-order valence-electron chi connectivity index (χ0n) is 11.2. The van der Waals surface area contributed by atoms with Gasteiger partial charge >= 0.3 is 0 Å². The maximum atomic E-state index is 12.4. The Hall–Kier alpha value is -1.68. The molecule has 0 saturated carbocycles. The molecule has 0 aliphatic carbocycles. The summed E-state index contributed by atoms with van der Waals surface area (Å²) in [5.74, 6) is 0. The maximum Gasteiger partial charge on any atom is 0.294 e.